The second-order valence-corrected chi connectivity index (χ2v) is 3.39. The molecule has 0 aliphatic heterocycles. The van der Waals surface area contributed by atoms with Crippen molar-refractivity contribution in [3.05, 3.63) is 0 Å². The molecule has 1 aliphatic rings. The first-order valence-corrected chi connectivity index (χ1v) is 4.43. The van der Waals surface area contributed by atoms with E-state index in [0.717, 1.165) is 6.42 Å². The van der Waals surface area contributed by atoms with Gasteiger partial charge in [-0.3, -0.25) is 14.4 Å². The van der Waals surface area contributed by atoms with Gasteiger partial charge >= 0.3 is 0 Å². The molecule has 4 heteroatoms. The lowest BCUT2D eigenvalue weighted by Gasteiger charge is -2.19. The number of ketones is 2. The number of hydrogen-bond donors (Lipinski definition) is 1. The third-order valence-electron chi connectivity index (χ3n) is 2.21. The first kappa shape index (κ1) is 9.89. The molecule has 1 fully saturated rings. The van der Waals surface area contributed by atoms with Gasteiger partial charge in [-0.1, -0.05) is 0 Å². The zero-order chi connectivity index (χ0) is 9.68. The van der Waals surface area contributed by atoms with Crippen LogP contribution in [0.5, 0.6) is 0 Å². The molecule has 1 rings (SSSR count). The Labute approximate surface area is 76.7 Å². The van der Waals surface area contributed by atoms with Crippen LogP contribution in [0.1, 0.15) is 25.7 Å². The molecule has 0 unspecified atom stereocenters. The van der Waals surface area contributed by atoms with Gasteiger partial charge in [0.1, 0.15) is 11.6 Å². The van der Waals surface area contributed by atoms with Gasteiger partial charge < -0.3 is 5.32 Å². The maximum Gasteiger partial charge on any atom is 0.207 e. The Morgan fingerprint density at radius 3 is 2.46 bits per heavy atom. The highest BCUT2D eigenvalue weighted by atomic mass is 16.1. The second-order valence-electron chi connectivity index (χ2n) is 3.39. The zero-order valence-electron chi connectivity index (χ0n) is 7.41. The van der Waals surface area contributed by atoms with Crippen molar-refractivity contribution in [1.29, 1.82) is 0 Å². The van der Waals surface area contributed by atoms with Gasteiger partial charge in [0.05, 0.1) is 6.42 Å². The number of Topliss-reactive ketones (excluding diaryl/α,β-unsaturated/α-hetero) is 2. The van der Waals surface area contributed by atoms with Crippen molar-refractivity contribution in [3.8, 4) is 0 Å². The molecule has 0 spiro atoms. The molecule has 1 amide bonds. The SMILES string of the molecule is O=CNCCC1CC(=O)CC(=O)C1. The molecule has 0 radical (unpaired) electrons. The van der Waals surface area contributed by atoms with Crippen molar-refractivity contribution in [2.75, 3.05) is 6.54 Å². The van der Waals surface area contributed by atoms with Crippen LogP contribution in [0, 0.1) is 5.92 Å². The molecule has 4 nitrogen and oxygen atoms in total. The van der Waals surface area contributed by atoms with Crippen molar-refractivity contribution in [3.63, 3.8) is 0 Å². The summed E-state index contributed by atoms with van der Waals surface area (Å²) in [5, 5.41) is 2.52. The normalized spacial score (nSPS) is 18.8. The fourth-order valence-corrected chi connectivity index (χ4v) is 1.63. The molecular weight excluding hydrogens is 170 g/mol. The molecule has 0 atom stereocenters. The highest BCUT2D eigenvalue weighted by molar-refractivity contribution is 6.01. The number of carbonyl (C=O) groups excluding carboxylic acids is 3. The van der Waals surface area contributed by atoms with Crippen LogP contribution in [-0.4, -0.2) is 24.5 Å². The van der Waals surface area contributed by atoms with Crippen LogP contribution in [0.4, 0.5) is 0 Å². The van der Waals surface area contributed by atoms with Crippen LogP contribution in [-0.2, 0) is 14.4 Å². The van der Waals surface area contributed by atoms with Gasteiger partial charge in [-0.15, -0.1) is 0 Å². The summed E-state index contributed by atoms with van der Waals surface area (Å²) in [6.07, 6.45) is 2.44. The Morgan fingerprint density at radius 2 is 1.92 bits per heavy atom. The van der Waals surface area contributed by atoms with Crippen LogP contribution in [0.2, 0.25) is 0 Å². The molecule has 13 heavy (non-hydrogen) atoms. The van der Waals surface area contributed by atoms with Crippen LogP contribution in [0.25, 0.3) is 0 Å². The third kappa shape index (κ3) is 3.36. The molecule has 0 aromatic rings. The number of amides is 1. The average molecular weight is 183 g/mol. The minimum atomic E-state index is 0.0346. The average Bonchev–Trinajstić information content (AvgIpc) is 2.03. The van der Waals surface area contributed by atoms with E-state index in [0.29, 0.717) is 25.8 Å². The van der Waals surface area contributed by atoms with Gasteiger partial charge in [0, 0.05) is 19.4 Å². The Hall–Kier alpha value is -1.19. The van der Waals surface area contributed by atoms with Gasteiger partial charge in [-0.25, -0.2) is 0 Å². The maximum atomic E-state index is 11.0. The summed E-state index contributed by atoms with van der Waals surface area (Å²) < 4.78 is 0. The number of hydrogen-bond acceptors (Lipinski definition) is 3. The molecule has 1 saturated carbocycles. The summed E-state index contributed by atoms with van der Waals surface area (Å²) in [6, 6.07) is 0. The molecule has 72 valence electrons. The van der Waals surface area contributed by atoms with Gasteiger partial charge in [0.25, 0.3) is 0 Å². The van der Waals surface area contributed by atoms with E-state index in [4.69, 9.17) is 0 Å². The van der Waals surface area contributed by atoms with E-state index in [9.17, 15) is 14.4 Å². The Morgan fingerprint density at radius 1 is 1.31 bits per heavy atom. The number of rotatable bonds is 4. The molecule has 0 saturated heterocycles. The van der Waals surface area contributed by atoms with Crippen LogP contribution < -0.4 is 5.32 Å². The smallest absolute Gasteiger partial charge is 0.207 e. The minimum Gasteiger partial charge on any atom is -0.359 e. The number of nitrogens with one attached hydrogen (secondary N) is 1. The topological polar surface area (TPSA) is 63.2 Å². The molecule has 0 aromatic heterocycles. The Balaban J connectivity index is 2.28. The van der Waals surface area contributed by atoms with Crippen molar-refractivity contribution in [2.45, 2.75) is 25.7 Å². The predicted octanol–water partition coefficient (Wildman–Crippen LogP) is 0.0608. The summed E-state index contributed by atoms with van der Waals surface area (Å²) in [5.74, 6) is 0.209. The summed E-state index contributed by atoms with van der Waals surface area (Å²) in [6.45, 7) is 0.550. The predicted molar refractivity (Wildman–Crippen MR) is 46.0 cm³/mol. The van der Waals surface area contributed by atoms with Gasteiger partial charge in [0.2, 0.25) is 6.41 Å². The Kier molecular flexibility index (Phi) is 3.61. The summed E-state index contributed by atoms with van der Waals surface area (Å²) in [4.78, 5) is 31.9. The standard InChI is InChI=1S/C9H13NO3/c11-6-10-2-1-7-3-8(12)5-9(13)4-7/h6-7H,1-5H2,(H,10,11). The van der Waals surface area contributed by atoms with Crippen LogP contribution in [0.3, 0.4) is 0 Å². The maximum absolute atomic E-state index is 11.0. The monoisotopic (exact) mass is 183 g/mol. The van der Waals surface area contributed by atoms with E-state index >= 15 is 0 Å². The summed E-state index contributed by atoms with van der Waals surface area (Å²) in [5.41, 5.74) is 0. The molecule has 1 aliphatic carbocycles. The number of carbonyl (C=O) groups is 3. The van der Waals surface area contributed by atoms with E-state index in [1.165, 1.54) is 0 Å². The minimum absolute atomic E-state index is 0.0346. The van der Waals surface area contributed by atoms with Crippen LogP contribution >= 0.6 is 0 Å². The molecule has 1 N–H and O–H groups in total. The van der Waals surface area contributed by atoms with E-state index < -0.39 is 0 Å². The Bertz CT molecular complexity index is 209. The molecule has 0 aromatic carbocycles. The zero-order valence-corrected chi connectivity index (χ0v) is 7.41. The summed E-state index contributed by atoms with van der Waals surface area (Å²) in [7, 11) is 0. The van der Waals surface area contributed by atoms with Gasteiger partial charge in [-0.2, -0.15) is 0 Å². The quantitative estimate of drug-likeness (QED) is 0.381. The van der Waals surface area contributed by atoms with E-state index in [-0.39, 0.29) is 23.9 Å². The van der Waals surface area contributed by atoms with Crippen molar-refractivity contribution in [1.82, 2.24) is 5.32 Å². The largest absolute Gasteiger partial charge is 0.359 e. The van der Waals surface area contributed by atoms with E-state index in [1.54, 1.807) is 0 Å². The van der Waals surface area contributed by atoms with Crippen molar-refractivity contribution in [2.24, 2.45) is 5.92 Å². The van der Waals surface area contributed by atoms with E-state index in [1.807, 2.05) is 0 Å². The highest BCUT2D eigenvalue weighted by Crippen LogP contribution is 2.21. The first-order chi connectivity index (χ1) is 6.22. The van der Waals surface area contributed by atoms with Gasteiger partial charge in [0.15, 0.2) is 0 Å². The molecular formula is C9H13NO3. The summed E-state index contributed by atoms with van der Waals surface area (Å²) >= 11 is 0. The van der Waals surface area contributed by atoms with Crippen molar-refractivity contribution >= 4 is 18.0 Å². The molecule has 0 bridgehead atoms. The highest BCUT2D eigenvalue weighted by Gasteiger charge is 2.24. The van der Waals surface area contributed by atoms with Crippen LogP contribution in [0.15, 0.2) is 0 Å². The lowest BCUT2D eigenvalue weighted by atomic mass is 9.85. The lowest BCUT2D eigenvalue weighted by Crippen LogP contribution is -2.25. The van der Waals surface area contributed by atoms with Gasteiger partial charge in [-0.05, 0) is 12.3 Å². The van der Waals surface area contributed by atoms with E-state index in [2.05, 4.69) is 5.32 Å². The third-order valence-corrected chi connectivity index (χ3v) is 2.21. The van der Waals surface area contributed by atoms with Crippen molar-refractivity contribution < 1.29 is 14.4 Å². The fraction of sp³-hybridized carbons (Fsp3) is 0.667. The first-order valence-electron chi connectivity index (χ1n) is 4.43. The second kappa shape index (κ2) is 4.74. The molecule has 0 heterocycles. The lowest BCUT2D eigenvalue weighted by molar-refractivity contribution is -0.131. The fourth-order valence-electron chi connectivity index (χ4n) is 1.63.